The number of methoxy groups -OCH3 is 2. The van der Waals surface area contributed by atoms with E-state index in [0.29, 0.717) is 33.6 Å². The number of rotatable bonds is 8. The number of benzene rings is 1. The summed E-state index contributed by atoms with van der Waals surface area (Å²) in [4.78, 5) is 25.1. The summed E-state index contributed by atoms with van der Waals surface area (Å²) in [6, 6.07) is 7.23. The molecule has 0 aliphatic carbocycles. The van der Waals surface area contributed by atoms with Gasteiger partial charge < -0.3 is 23.6 Å². The van der Waals surface area contributed by atoms with Crippen LogP contribution in [0.1, 0.15) is 30.2 Å². The first-order chi connectivity index (χ1) is 13.9. The minimum Gasteiger partial charge on any atom is -0.493 e. The summed E-state index contributed by atoms with van der Waals surface area (Å²) in [7, 11) is 3.00. The van der Waals surface area contributed by atoms with E-state index in [1.165, 1.54) is 14.2 Å². The van der Waals surface area contributed by atoms with Crippen molar-refractivity contribution in [3.63, 3.8) is 0 Å². The Morgan fingerprint density at radius 1 is 1.21 bits per heavy atom. The number of carbonyl (C=O) groups is 1. The summed E-state index contributed by atoms with van der Waals surface area (Å²) < 4.78 is 21.4. The highest BCUT2D eigenvalue weighted by molar-refractivity contribution is 5.89. The second-order valence-corrected chi connectivity index (χ2v) is 6.93. The normalized spacial score (nSPS) is 12.0. The fraction of sp³-hybridized carbons (Fsp3) is 0.364. The predicted octanol–water partition coefficient (Wildman–Crippen LogP) is 3.39. The van der Waals surface area contributed by atoms with Gasteiger partial charge in [-0.3, -0.25) is 4.79 Å². The molecule has 7 heteroatoms. The summed E-state index contributed by atoms with van der Waals surface area (Å²) in [6.07, 6.45) is 3.04. The van der Waals surface area contributed by atoms with Crippen LogP contribution < -0.4 is 20.4 Å². The number of nitrogens with one attached hydrogen (secondary N) is 1. The minimum atomic E-state index is -0.556. The fourth-order valence-corrected chi connectivity index (χ4v) is 3.34. The Kier molecular flexibility index (Phi) is 6.26. The Morgan fingerprint density at radius 2 is 2.00 bits per heavy atom. The molecular weight excluding hydrogens is 374 g/mol. The minimum absolute atomic E-state index is 0.0511. The number of carbonyl (C=O) groups excluding carboxylic acids is 1. The van der Waals surface area contributed by atoms with Crippen LogP contribution in [0, 0.1) is 6.92 Å². The van der Waals surface area contributed by atoms with Crippen molar-refractivity contribution in [1.82, 2.24) is 5.32 Å². The number of fused-ring (bicyclic) bond motifs is 1. The van der Waals surface area contributed by atoms with Crippen LogP contribution in [0.4, 0.5) is 0 Å². The third-order valence-electron chi connectivity index (χ3n) is 4.95. The molecule has 1 amide bonds. The summed E-state index contributed by atoms with van der Waals surface area (Å²) in [5.74, 6) is 1.47. The number of hydrogen-bond acceptors (Lipinski definition) is 6. The zero-order valence-corrected chi connectivity index (χ0v) is 17.0. The molecule has 0 bridgehead atoms. The molecule has 154 valence electrons. The molecule has 3 aromatic rings. The molecule has 2 aromatic heterocycles. The third-order valence-corrected chi connectivity index (χ3v) is 4.95. The van der Waals surface area contributed by atoms with Gasteiger partial charge in [0.15, 0.2) is 11.3 Å². The maximum absolute atomic E-state index is 12.6. The summed E-state index contributed by atoms with van der Waals surface area (Å²) in [6.45, 7) is 3.72. The topological polar surface area (TPSA) is 90.9 Å². The molecule has 0 spiro atoms. The van der Waals surface area contributed by atoms with E-state index in [4.69, 9.17) is 18.3 Å². The van der Waals surface area contributed by atoms with Gasteiger partial charge in [0.1, 0.15) is 5.76 Å². The van der Waals surface area contributed by atoms with Gasteiger partial charge in [0.2, 0.25) is 11.7 Å². The van der Waals surface area contributed by atoms with Gasteiger partial charge in [0, 0.05) is 17.8 Å². The molecule has 1 aromatic carbocycles. The number of ether oxygens (including phenoxy) is 2. The van der Waals surface area contributed by atoms with Gasteiger partial charge >= 0.3 is 5.63 Å². The van der Waals surface area contributed by atoms with Crippen molar-refractivity contribution in [2.75, 3.05) is 14.2 Å². The van der Waals surface area contributed by atoms with E-state index in [2.05, 4.69) is 5.32 Å². The highest BCUT2D eigenvalue weighted by atomic mass is 16.5. The van der Waals surface area contributed by atoms with Gasteiger partial charge in [-0.2, -0.15) is 0 Å². The van der Waals surface area contributed by atoms with Crippen LogP contribution in [0.25, 0.3) is 11.0 Å². The smallest absolute Gasteiger partial charge is 0.340 e. The van der Waals surface area contributed by atoms with E-state index in [-0.39, 0.29) is 18.4 Å². The lowest BCUT2D eigenvalue weighted by Gasteiger charge is -2.15. The summed E-state index contributed by atoms with van der Waals surface area (Å²) in [5, 5.41) is 3.63. The predicted molar refractivity (Wildman–Crippen MR) is 109 cm³/mol. The Labute approximate surface area is 168 Å². The Hall–Kier alpha value is -3.22. The molecule has 2 heterocycles. The highest BCUT2D eigenvalue weighted by Gasteiger charge is 2.20. The SMILES string of the molecule is COc1ccc2c(C)c(CC(=O)N[C@H](C)CCc3ccco3)c(=O)oc2c1OC. The summed E-state index contributed by atoms with van der Waals surface area (Å²) >= 11 is 0. The van der Waals surface area contributed by atoms with Crippen LogP contribution in [-0.2, 0) is 17.6 Å². The van der Waals surface area contributed by atoms with Crippen molar-refractivity contribution in [3.05, 3.63) is 57.8 Å². The first-order valence-corrected chi connectivity index (χ1v) is 9.43. The molecule has 0 unspecified atom stereocenters. The fourth-order valence-electron chi connectivity index (χ4n) is 3.34. The van der Waals surface area contributed by atoms with Crippen LogP contribution in [0.3, 0.4) is 0 Å². The van der Waals surface area contributed by atoms with E-state index < -0.39 is 5.63 Å². The number of aryl methyl sites for hydroxylation is 2. The van der Waals surface area contributed by atoms with Crippen molar-refractivity contribution in [2.45, 2.75) is 39.2 Å². The zero-order valence-electron chi connectivity index (χ0n) is 17.0. The maximum atomic E-state index is 12.6. The molecule has 0 aliphatic heterocycles. The number of furan rings is 1. The van der Waals surface area contributed by atoms with Crippen LogP contribution in [-0.4, -0.2) is 26.2 Å². The van der Waals surface area contributed by atoms with Gasteiger partial charge in [0.25, 0.3) is 0 Å². The second-order valence-electron chi connectivity index (χ2n) is 6.93. The molecule has 3 rings (SSSR count). The average Bonchev–Trinajstić information content (AvgIpc) is 3.22. The molecule has 0 fully saturated rings. The average molecular weight is 399 g/mol. The van der Waals surface area contributed by atoms with E-state index in [1.54, 1.807) is 25.3 Å². The Bertz CT molecular complexity index is 1050. The third kappa shape index (κ3) is 4.45. The molecule has 1 N–H and O–H groups in total. The Morgan fingerprint density at radius 3 is 2.66 bits per heavy atom. The van der Waals surface area contributed by atoms with Crippen molar-refractivity contribution in [1.29, 1.82) is 0 Å². The second kappa shape index (κ2) is 8.86. The zero-order chi connectivity index (χ0) is 21.0. The quantitative estimate of drug-likeness (QED) is 0.584. The largest absolute Gasteiger partial charge is 0.493 e. The van der Waals surface area contributed by atoms with Gasteiger partial charge in [0.05, 0.1) is 32.5 Å². The highest BCUT2D eigenvalue weighted by Crippen LogP contribution is 2.36. The van der Waals surface area contributed by atoms with Crippen molar-refractivity contribution < 1.29 is 23.1 Å². The number of amides is 1. The molecule has 29 heavy (non-hydrogen) atoms. The molecule has 0 saturated carbocycles. The first kappa shape index (κ1) is 20.5. The molecule has 0 radical (unpaired) electrons. The van der Waals surface area contributed by atoms with E-state index >= 15 is 0 Å². The van der Waals surface area contributed by atoms with Gasteiger partial charge in [-0.05, 0) is 50.1 Å². The standard InChI is InChI=1S/C22H25NO6/c1-13(7-8-15-6-5-11-28-15)23-19(24)12-17-14(2)16-9-10-18(26-3)21(27-4)20(16)29-22(17)25/h5-6,9-11,13H,7-8,12H2,1-4H3,(H,23,24)/t13-/m1/s1. The lowest BCUT2D eigenvalue weighted by molar-refractivity contribution is -0.121. The molecule has 0 aliphatic rings. The first-order valence-electron chi connectivity index (χ1n) is 9.43. The molecular formula is C22H25NO6. The Balaban J connectivity index is 1.77. The lowest BCUT2D eigenvalue weighted by atomic mass is 10.0. The van der Waals surface area contributed by atoms with Crippen LogP contribution in [0.2, 0.25) is 0 Å². The number of hydrogen-bond donors (Lipinski definition) is 1. The van der Waals surface area contributed by atoms with Gasteiger partial charge in [-0.25, -0.2) is 4.79 Å². The maximum Gasteiger partial charge on any atom is 0.340 e. The van der Waals surface area contributed by atoms with E-state index in [9.17, 15) is 9.59 Å². The van der Waals surface area contributed by atoms with Crippen molar-refractivity contribution in [3.8, 4) is 11.5 Å². The van der Waals surface area contributed by atoms with Gasteiger partial charge in [-0.1, -0.05) is 0 Å². The van der Waals surface area contributed by atoms with Crippen LogP contribution in [0.15, 0.2) is 44.2 Å². The van der Waals surface area contributed by atoms with Crippen molar-refractivity contribution in [2.24, 2.45) is 0 Å². The van der Waals surface area contributed by atoms with E-state index in [0.717, 1.165) is 18.6 Å². The van der Waals surface area contributed by atoms with E-state index in [1.807, 2.05) is 19.1 Å². The van der Waals surface area contributed by atoms with Crippen LogP contribution >= 0.6 is 0 Å². The van der Waals surface area contributed by atoms with Crippen LogP contribution in [0.5, 0.6) is 11.5 Å². The summed E-state index contributed by atoms with van der Waals surface area (Å²) in [5.41, 5.74) is 0.779. The van der Waals surface area contributed by atoms with Gasteiger partial charge in [-0.15, -0.1) is 0 Å². The monoisotopic (exact) mass is 399 g/mol. The molecule has 0 saturated heterocycles. The van der Waals surface area contributed by atoms with Crippen molar-refractivity contribution >= 4 is 16.9 Å². The lowest BCUT2D eigenvalue weighted by Crippen LogP contribution is -2.35. The molecule has 1 atom stereocenters. The molecule has 7 nitrogen and oxygen atoms in total.